The molecule has 0 bridgehead atoms. The Morgan fingerprint density at radius 3 is 2.55 bits per heavy atom. The van der Waals surface area contributed by atoms with E-state index in [9.17, 15) is 4.79 Å². The summed E-state index contributed by atoms with van der Waals surface area (Å²) in [7, 11) is 1.74. The number of benzene rings is 1. The van der Waals surface area contributed by atoms with Gasteiger partial charge in [0.2, 0.25) is 0 Å². The van der Waals surface area contributed by atoms with Gasteiger partial charge < -0.3 is 10.6 Å². The molecule has 20 heavy (non-hydrogen) atoms. The zero-order valence-corrected chi connectivity index (χ0v) is 14.0. The number of hydrogen-bond donors (Lipinski definition) is 2. The van der Waals surface area contributed by atoms with Crippen molar-refractivity contribution >= 4 is 43.6 Å². The summed E-state index contributed by atoms with van der Waals surface area (Å²) in [6.07, 6.45) is 1.65. The Kier molecular flexibility index (Phi) is 5.14. The van der Waals surface area contributed by atoms with E-state index in [1.54, 1.807) is 19.3 Å². The molecule has 0 fully saturated rings. The molecule has 2 rings (SSSR count). The Hall–Kier alpha value is -1.40. The summed E-state index contributed by atoms with van der Waals surface area (Å²) < 4.78 is 1.78. The minimum absolute atomic E-state index is 0.161. The van der Waals surface area contributed by atoms with Crippen molar-refractivity contribution in [2.75, 3.05) is 12.4 Å². The quantitative estimate of drug-likeness (QED) is 0.827. The van der Waals surface area contributed by atoms with Crippen LogP contribution in [0, 0.1) is 0 Å². The van der Waals surface area contributed by atoms with Gasteiger partial charge in [0, 0.05) is 28.7 Å². The molecule has 0 saturated heterocycles. The number of nitrogens with one attached hydrogen (secondary N) is 2. The first-order valence-electron chi connectivity index (χ1n) is 5.96. The maximum absolute atomic E-state index is 12.2. The minimum Gasteiger partial charge on any atom is -0.372 e. The second kappa shape index (κ2) is 6.85. The maximum Gasteiger partial charge on any atom is 0.255 e. The fourth-order valence-corrected chi connectivity index (χ4v) is 2.29. The molecule has 104 valence electrons. The molecule has 2 aromatic rings. The molecule has 1 heterocycles. The van der Waals surface area contributed by atoms with Gasteiger partial charge in [-0.2, -0.15) is 0 Å². The monoisotopic (exact) mass is 397 g/mol. The number of carbonyl (C=O) groups is 1. The third kappa shape index (κ3) is 3.80. The molecule has 0 aliphatic heterocycles. The Morgan fingerprint density at radius 1 is 1.20 bits per heavy atom. The molecule has 0 atom stereocenters. The Bertz CT molecular complexity index is 614. The molecule has 1 aromatic heterocycles. The molecule has 0 spiro atoms. The van der Waals surface area contributed by atoms with Crippen LogP contribution in [0.5, 0.6) is 0 Å². The van der Waals surface area contributed by atoms with Crippen molar-refractivity contribution in [2.24, 2.45) is 0 Å². The molecule has 0 radical (unpaired) electrons. The molecule has 1 amide bonds. The van der Waals surface area contributed by atoms with Crippen molar-refractivity contribution in [1.82, 2.24) is 10.3 Å². The highest BCUT2D eigenvalue weighted by Crippen LogP contribution is 2.18. The first kappa shape index (κ1) is 15.0. The van der Waals surface area contributed by atoms with Crippen LogP contribution in [0.4, 0.5) is 5.82 Å². The van der Waals surface area contributed by atoms with Gasteiger partial charge in [-0.3, -0.25) is 4.79 Å². The summed E-state index contributed by atoms with van der Waals surface area (Å²) in [6.45, 7) is 0.474. The number of amides is 1. The molecule has 4 nitrogen and oxygen atoms in total. The van der Waals surface area contributed by atoms with Gasteiger partial charge in [-0.05, 0) is 39.7 Å². The molecule has 2 N–H and O–H groups in total. The Balaban J connectivity index is 2.08. The lowest BCUT2D eigenvalue weighted by Gasteiger charge is -2.09. The maximum atomic E-state index is 12.2. The molecule has 0 saturated carbocycles. The van der Waals surface area contributed by atoms with Crippen LogP contribution in [0.3, 0.4) is 0 Å². The lowest BCUT2D eigenvalue weighted by Crippen LogP contribution is -2.24. The van der Waals surface area contributed by atoms with Crippen LogP contribution < -0.4 is 10.6 Å². The number of aromatic nitrogens is 1. The van der Waals surface area contributed by atoms with E-state index in [1.807, 2.05) is 24.3 Å². The number of halogens is 2. The van der Waals surface area contributed by atoms with Gasteiger partial charge in [-0.25, -0.2) is 4.98 Å². The van der Waals surface area contributed by atoms with Crippen molar-refractivity contribution in [3.8, 4) is 0 Å². The highest BCUT2D eigenvalue weighted by Gasteiger charge is 2.12. The van der Waals surface area contributed by atoms with Crippen molar-refractivity contribution in [2.45, 2.75) is 6.54 Å². The fraction of sp³-hybridized carbons (Fsp3) is 0.143. The van der Waals surface area contributed by atoms with Crippen LogP contribution in [0.15, 0.2) is 45.5 Å². The topological polar surface area (TPSA) is 54.0 Å². The van der Waals surface area contributed by atoms with E-state index in [0.29, 0.717) is 17.9 Å². The molecular weight excluding hydrogens is 386 g/mol. The van der Waals surface area contributed by atoms with Crippen LogP contribution in [0.2, 0.25) is 0 Å². The first-order valence-corrected chi connectivity index (χ1v) is 7.54. The number of hydrogen-bond acceptors (Lipinski definition) is 3. The van der Waals surface area contributed by atoms with E-state index in [2.05, 4.69) is 47.5 Å². The third-order valence-corrected chi connectivity index (χ3v) is 3.66. The summed E-state index contributed by atoms with van der Waals surface area (Å²) in [5, 5.41) is 5.79. The van der Waals surface area contributed by atoms with Gasteiger partial charge >= 0.3 is 0 Å². The lowest BCUT2D eigenvalue weighted by molar-refractivity contribution is 0.0951. The summed E-state index contributed by atoms with van der Waals surface area (Å²) in [4.78, 5) is 16.4. The van der Waals surface area contributed by atoms with Crippen molar-refractivity contribution in [3.63, 3.8) is 0 Å². The first-order chi connectivity index (χ1) is 9.60. The van der Waals surface area contributed by atoms with Crippen LogP contribution in [-0.4, -0.2) is 17.9 Å². The number of anilines is 1. The third-order valence-electron chi connectivity index (χ3n) is 2.70. The average Bonchev–Trinajstić information content (AvgIpc) is 2.46. The van der Waals surface area contributed by atoms with Gasteiger partial charge in [-0.1, -0.05) is 28.1 Å². The van der Waals surface area contributed by atoms with E-state index < -0.39 is 0 Å². The number of rotatable bonds is 4. The zero-order chi connectivity index (χ0) is 14.5. The normalized spacial score (nSPS) is 10.2. The SMILES string of the molecule is CNc1ncc(Br)cc1C(=O)NCc1ccc(Br)cc1. The summed E-state index contributed by atoms with van der Waals surface area (Å²) in [6, 6.07) is 9.56. The van der Waals surface area contributed by atoms with Gasteiger partial charge in [-0.15, -0.1) is 0 Å². The zero-order valence-electron chi connectivity index (χ0n) is 10.8. The van der Waals surface area contributed by atoms with Crippen molar-refractivity contribution in [1.29, 1.82) is 0 Å². The molecular formula is C14H13Br2N3O. The predicted molar refractivity (Wildman–Crippen MR) is 86.8 cm³/mol. The molecule has 1 aromatic carbocycles. The van der Waals surface area contributed by atoms with Crippen LogP contribution in [0.1, 0.15) is 15.9 Å². The van der Waals surface area contributed by atoms with E-state index in [0.717, 1.165) is 14.5 Å². The average molecular weight is 399 g/mol. The van der Waals surface area contributed by atoms with Crippen molar-refractivity contribution < 1.29 is 4.79 Å². The number of carbonyl (C=O) groups excluding carboxylic acids is 1. The minimum atomic E-state index is -0.161. The molecule has 0 unspecified atom stereocenters. The van der Waals surface area contributed by atoms with Crippen LogP contribution in [-0.2, 0) is 6.54 Å². The molecule has 0 aliphatic rings. The van der Waals surface area contributed by atoms with E-state index in [-0.39, 0.29) is 5.91 Å². The smallest absolute Gasteiger partial charge is 0.255 e. The van der Waals surface area contributed by atoms with E-state index in [1.165, 1.54) is 0 Å². The summed E-state index contributed by atoms with van der Waals surface area (Å²) in [5.74, 6) is 0.396. The van der Waals surface area contributed by atoms with Gasteiger partial charge in [0.25, 0.3) is 5.91 Å². The summed E-state index contributed by atoms with van der Waals surface area (Å²) >= 11 is 6.70. The van der Waals surface area contributed by atoms with Crippen LogP contribution in [0.25, 0.3) is 0 Å². The molecule has 6 heteroatoms. The van der Waals surface area contributed by atoms with E-state index in [4.69, 9.17) is 0 Å². The fourth-order valence-electron chi connectivity index (χ4n) is 1.69. The summed E-state index contributed by atoms with van der Waals surface area (Å²) in [5.41, 5.74) is 1.55. The largest absolute Gasteiger partial charge is 0.372 e. The van der Waals surface area contributed by atoms with Crippen LogP contribution >= 0.6 is 31.9 Å². The van der Waals surface area contributed by atoms with E-state index >= 15 is 0 Å². The molecule has 0 aliphatic carbocycles. The highest BCUT2D eigenvalue weighted by atomic mass is 79.9. The Labute approximate surface area is 134 Å². The number of nitrogens with zero attached hydrogens (tertiary/aromatic N) is 1. The second-order valence-electron chi connectivity index (χ2n) is 4.11. The number of pyridine rings is 1. The van der Waals surface area contributed by atoms with Gasteiger partial charge in [0.1, 0.15) is 5.82 Å². The van der Waals surface area contributed by atoms with Crippen molar-refractivity contribution in [3.05, 3.63) is 56.6 Å². The Morgan fingerprint density at radius 2 is 1.90 bits per heavy atom. The second-order valence-corrected chi connectivity index (χ2v) is 5.94. The van der Waals surface area contributed by atoms with Gasteiger partial charge in [0.05, 0.1) is 5.56 Å². The standard InChI is InChI=1S/C14H13Br2N3O/c1-17-13-12(6-11(16)8-18-13)14(20)19-7-9-2-4-10(15)5-3-9/h2-6,8H,7H2,1H3,(H,17,18)(H,19,20). The lowest BCUT2D eigenvalue weighted by atomic mass is 10.2. The highest BCUT2D eigenvalue weighted by molar-refractivity contribution is 9.10. The predicted octanol–water partition coefficient (Wildman–Crippen LogP) is 3.58. The van der Waals surface area contributed by atoms with Gasteiger partial charge in [0.15, 0.2) is 0 Å².